The summed E-state index contributed by atoms with van der Waals surface area (Å²) in [6.45, 7) is 8.66. The van der Waals surface area contributed by atoms with Gasteiger partial charge in [0.15, 0.2) is 0 Å². The van der Waals surface area contributed by atoms with E-state index in [4.69, 9.17) is 5.73 Å². The fraction of sp³-hybridized carbons (Fsp3) is 0.400. The van der Waals surface area contributed by atoms with E-state index in [9.17, 15) is 4.79 Å². The Morgan fingerprint density at radius 1 is 1.19 bits per heavy atom. The number of hydrogen-bond donors (Lipinski definition) is 2. The van der Waals surface area contributed by atoms with Crippen molar-refractivity contribution in [2.45, 2.75) is 47.0 Å². The van der Waals surface area contributed by atoms with Crippen LogP contribution in [0.1, 0.15) is 40.1 Å². The molecule has 0 aliphatic heterocycles. The van der Waals surface area contributed by atoms with Gasteiger partial charge in [-0.3, -0.25) is 4.79 Å². The van der Waals surface area contributed by atoms with Crippen molar-refractivity contribution in [1.29, 1.82) is 0 Å². The molecule has 1 aromatic carbocycles. The molecule has 2 aromatic heterocycles. The van der Waals surface area contributed by atoms with Crippen molar-refractivity contribution >= 4 is 17.6 Å². The number of nitrogens with two attached hydrogens (primary N) is 1. The molecule has 0 aliphatic rings. The summed E-state index contributed by atoms with van der Waals surface area (Å²) in [6, 6.07) is 6.50. The Morgan fingerprint density at radius 2 is 1.96 bits per heavy atom. The van der Waals surface area contributed by atoms with Crippen LogP contribution in [0.25, 0.3) is 5.78 Å². The number of aryl methyl sites for hydroxylation is 5. The van der Waals surface area contributed by atoms with E-state index in [0.717, 1.165) is 29.8 Å². The molecular weight excluding hydrogens is 340 g/mol. The largest absolute Gasteiger partial charge is 0.366 e. The molecule has 0 saturated heterocycles. The highest BCUT2D eigenvalue weighted by Gasteiger charge is 2.15. The number of rotatable bonds is 6. The molecule has 0 bridgehead atoms. The third-order valence-electron chi connectivity index (χ3n) is 4.85. The molecule has 0 fully saturated rings. The van der Waals surface area contributed by atoms with Crippen molar-refractivity contribution in [3.05, 3.63) is 51.8 Å². The first-order valence-electron chi connectivity index (χ1n) is 9.16. The van der Waals surface area contributed by atoms with Gasteiger partial charge in [0.05, 0.1) is 6.42 Å². The van der Waals surface area contributed by atoms with Crippen LogP contribution >= 0.6 is 0 Å². The molecule has 0 unspecified atom stereocenters. The Kier molecular flexibility index (Phi) is 5.39. The van der Waals surface area contributed by atoms with Crippen molar-refractivity contribution in [2.24, 2.45) is 0 Å². The normalized spacial score (nSPS) is 11.1. The minimum Gasteiger partial charge on any atom is -0.366 e. The van der Waals surface area contributed by atoms with Crippen molar-refractivity contribution in [3.63, 3.8) is 0 Å². The van der Waals surface area contributed by atoms with E-state index in [0.29, 0.717) is 12.3 Å². The van der Waals surface area contributed by atoms with E-state index in [1.807, 2.05) is 13.8 Å². The molecule has 142 valence electrons. The summed E-state index contributed by atoms with van der Waals surface area (Å²) in [6.07, 6.45) is 2.13. The number of nitrogens with zero attached hydrogens (tertiary/aromatic N) is 4. The van der Waals surface area contributed by atoms with Crippen LogP contribution < -0.4 is 11.1 Å². The number of anilines is 1. The summed E-state index contributed by atoms with van der Waals surface area (Å²) in [7, 11) is 0. The summed E-state index contributed by atoms with van der Waals surface area (Å²) in [5.41, 5.74) is 12.0. The zero-order valence-electron chi connectivity index (χ0n) is 16.3. The lowest BCUT2D eigenvalue weighted by molar-refractivity contribution is -0.120. The second kappa shape index (κ2) is 7.73. The molecule has 7 heteroatoms. The van der Waals surface area contributed by atoms with Gasteiger partial charge >= 0.3 is 0 Å². The summed E-state index contributed by atoms with van der Waals surface area (Å²) in [4.78, 5) is 20.8. The van der Waals surface area contributed by atoms with Crippen LogP contribution in [-0.4, -0.2) is 32.0 Å². The molecule has 0 saturated carbocycles. The zero-order valence-corrected chi connectivity index (χ0v) is 16.3. The number of fused-ring (bicyclic) bond motifs is 1. The fourth-order valence-electron chi connectivity index (χ4n) is 3.34. The number of benzene rings is 1. The number of aromatic nitrogens is 4. The first-order valence-corrected chi connectivity index (χ1v) is 9.16. The van der Waals surface area contributed by atoms with Gasteiger partial charge in [0.2, 0.25) is 11.9 Å². The molecule has 0 spiro atoms. The number of carbonyl (C=O) groups excluding carboxylic acids is 1. The molecule has 0 atom stereocenters. The summed E-state index contributed by atoms with van der Waals surface area (Å²) in [5, 5.41) is 7.14. The van der Waals surface area contributed by atoms with Gasteiger partial charge in [-0.2, -0.15) is 9.50 Å². The van der Waals surface area contributed by atoms with Crippen molar-refractivity contribution in [1.82, 2.24) is 24.9 Å². The Hall–Kier alpha value is -2.96. The highest BCUT2D eigenvalue weighted by atomic mass is 16.1. The first kappa shape index (κ1) is 18.8. The topological polar surface area (TPSA) is 98.2 Å². The molecule has 0 radical (unpaired) electrons. The second-order valence-electron chi connectivity index (χ2n) is 7.00. The monoisotopic (exact) mass is 366 g/mol. The quantitative estimate of drug-likeness (QED) is 0.652. The number of nitrogens with one attached hydrogen (secondary N) is 1. The standard InChI is InChI=1S/C20H26N6O/c1-12-7-8-16(13(2)10-12)6-5-9-22-18(27)11-17-14(3)23-20-24-19(21)25-26(20)15(17)4/h7-8,10H,5-6,9,11H2,1-4H3,(H2,21,25)(H,22,27). The predicted octanol–water partition coefficient (Wildman–Crippen LogP) is 2.23. The van der Waals surface area contributed by atoms with E-state index in [2.05, 4.69) is 52.4 Å². The van der Waals surface area contributed by atoms with Crippen LogP contribution in [0.2, 0.25) is 0 Å². The van der Waals surface area contributed by atoms with E-state index in [1.165, 1.54) is 16.7 Å². The maximum Gasteiger partial charge on any atom is 0.254 e. The molecule has 0 aliphatic carbocycles. The minimum atomic E-state index is -0.0175. The molecule has 27 heavy (non-hydrogen) atoms. The molecule has 7 nitrogen and oxygen atoms in total. The van der Waals surface area contributed by atoms with Gasteiger partial charge in [-0.05, 0) is 51.7 Å². The number of carbonyl (C=O) groups is 1. The smallest absolute Gasteiger partial charge is 0.254 e. The third kappa shape index (κ3) is 4.24. The lowest BCUT2D eigenvalue weighted by atomic mass is 10.0. The predicted molar refractivity (Wildman–Crippen MR) is 106 cm³/mol. The molecule has 3 N–H and O–H groups in total. The lowest BCUT2D eigenvalue weighted by Gasteiger charge is -2.11. The van der Waals surface area contributed by atoms with E-state index in [1.54, 1.807) is 4.52 Å². The fourth-order valence-corrected chi connectivity index (χ4v) is 3.34. The molecule has 2 heterocycles. The average Bonchev–Trinajstić information content (AvgIpc) is 2.97. The van der Waals surface area contributed by atoms with Crippen molar-refractivity contribution in [2.75, 3.05) is 12.3 Å². The number of nitrogen functional groups attached to an aromatic ring is 1. The highest BCUT2D eigenvalue weighted by molar-refractivity contribution is 5.79. The van der Waals surface area contributed by atoms with Crippen LogP contribution in [0.3, 0.4) is 0 Å². The van der Waals surface area contributed by atoms with Crippen molar-refractivity contribution < 1.29 is 4.79 Å². The van der Waals surface area contributed by atoms with Crippen LogP contribution in [0, 0.1) is 27.7 Å². The highest BCUT2D eigenvalue weighted by Crippen LogP contribution is 2.15. The van der Waals surface area contributed by atoms with Crippen LogP contribution in [-0.2, 0) is 17.6 Å². The van der Waals surface area contributed by atoms with Crippen LogP contribution in [0.5, 0.6) is 0 Å². The van der Waals surface area contributed by atoms with Crippen molar-refractivity contribution in [3.8, 4) is 0 Å². The molecular formula is C20H26N6O. The Bertz CT molecular complexity index is 992. The molecule has 3 aromatic rings. The van der Waals surface area contributed by atoms with E-state index < -0.39 is 0 Å². The van der Waals surface area contributed by atoms with Gasteiger partial charge < -0.3 is 11.1 Å². The first-order chi connectivity index (χ1) is 12.8. The van der Waals surface area contributed by atoms with Gasteiger partial charge in [-0.15, -0.1) is 5.10 Å². The Labute approximate surface area is 159 Å². The molecule has 1 amide bonds. The zero-order chi connectivity index (χ0) is 19.6. The van der Waals surface area contributed by atoms with Gasteiger partial charge in [0, 0.05) is 23.5 Å². The summed E-state index contributed by atoms with van der Waals surface area (Å²) < 4.78 is 1.59. The summed E-state index contributed by atoms with van der Waals surface area (Å²) >= 11 is 0. The Balaban J connectivity index is 1.57. The minimum absolute atomic E-state index is 0.0175. The van der Waals surface area contributed by atoms with Crippen LogP contribution in [0.4, 0.5) is 5.95 Å². The van der Waals surface area contributed by atoms with Gasteiger partial charge in [-0.25, -0.2) is 4.98 Å². The number of amides is 1. The molecule has 3 rings (SSSR count). The van der Waals surface area contributed by atoms with E-state index >= 15 is 0 Å². The Morgan fingerprint density at radius 3 is 2.70 bits per heavy atom. The third-order valence-corrected chi connectivity index (χ3v) is 4.85. The van der Waals surface area contributed by atoms with Gasteiger partial charge in [-0.1, -0.05) is 23.8 Å². The van der Waals surface area contributed by atoms with E-state index in [-0.39, 0.29) is 18.3 Å². The maximum absolute atomic E-state index is 12.4. The SMILES string of the molecule is Cc1ccc(CCCNC(=O)Cc2c(C)nc3nc(N)nn3c2C)c(C)c1. The van der Waals surface area contributed by atoms with Gasteiger partial charge in [0.25, 0.3) is 5.78 Å². The number of hydrogen-bond acceptors (Lipinski definition) is 5. The second-order valence-corrected chi connectivity index (χ2v) is 7.00. The maximum atomic E-state index is 12.4. The lowest BCUT2D eigenvalue weighted by Crippen LogP contribution is -2.27. The average molecular weight is 366 g/mol. The van der Waals surface area contributed by atoms with Crippen LogP contribution in [0.15, 0.2) is 18.2 Å². The summed E-state index contributed by atoms with van der Waals surface area (Å²) in [5.74, 6) is 0.620. The van der Waals surface area contributed by atoms with Gasteiger partial charge in [0.1, 0.15) is 0 Å².